The fraction of sp³-hybridized carbons (Fsp3) is 0.538. The summed E-state index contributed by atoms with van der Waals surface area (Å²) in [6.07, 6.45) is 4.59. The predicted octanol–water partition coefficient (Wildman–Crippen LogP) is 1.29. The fourth-order valence-electron chi connectivity index (χ4n) is 2.04. The van der Waals surface area contributed by atoms with Crippen molar-refractivity contribution in [3.63, 3.8) is 0 Å². The first-order valence-corrected chi connectivity index (χ1v) is 6.41. The third kappa shape index (κ3) is 2.98. The molecule has 2 aromatic heterocycles. The molecule has 2 aromatic rings. The Kier molecular flexibility index (Phi) is 4.15. The molecule has 18 heavy (non-hydrogen) atoms. The second-order valence-electron chi connectivity index (χ2n) is 4.92. The van der Waals surface area contributed by atoms with E-state index in [4.69, 9.17) is 5.73 Å². The van der Waals surface area contributed by atoms with E-state index in [2.05, 4.69) is 40.8 Å². The molecule has 0 aliphatic heterocycles. The smallest absolute Gasteiger partial charge is 0.146 e. The quantitative estimate of drug-likeness (QED) is 0.836. The number of hydrogen-bond acceptors (Lipinski definition) is 3. The first-order chi connectivity index (χ1) is 8.70. The largest absolute Gasteiger partial charge is 0.344 e. The van der Waals surface area contributed by atoms with Gasteiger partial charge in [-0.3, -0.25) is 0 Å². The summed E-state index contributed by atoms with van der Waals surface area (Å²) in [6, 6.07) is 4.16. The number of hydrogen-bond donors (Lipinski definition) is 1. The van der Waals surface area contributed by atoms with Crippen LogP contribution in [0, 0.1) is 5.92 Å². The molecule has 2 heterocycles. The molecule has 0 saturated carbocycles. The standard InChI is InChI=1S/C13H21N5/c1-11(2)8-18-13(15-10-16-18)9-17-7-3-4-12(17)5-6-14/h3-4,7,10-11H,5-6,8-9,14H2,1-2H3. The van der Waals surface area contributed by atoms with Gasteiger partial charge in [0.05, 0.1) is 6.54 Å². The molecule has 0 saturated heterocycles. The summed E-state index contributed by atoms with van der Waals surface area (Å²) >= 11 is 0. The Morgan fingerprint density at radius 3 is 2.94 bits per heavy atom. The second kappa shape index (κ2) is 5.82. The summed E-state index contributed by atoms with van der Waals surface area (Å²) < 4.78 is 4.17. The second-order valence-corrected chi connectivity index (χ2v) is 4.92. The average Bonchev–Trinajstić information content (AvgIpc) is 2.91. The van der Waals surface area contributed by atoms with Gasteiger partial charge in [-0.2, -0.15) is 5.10 Å². The van der Waals surface area contributed by atoms with Gasteiger partial charge in [-0.05, 0) is 31.0 Å². The van der Waals surface area contributed by atoms with Crippen molar-refractivity contribution >= 4 is 0 Å². The van der Waals surface area contributed by atoms with Crippen molar-refractivity contribution in [1.29, 1.82) is 0 Å². The molecule has 5 nitrogen and oxygen atoms in total. The van der Waals surface area contributed by atoms with Gasteiger partial charge in [0.15, 0.2) is 0 Å². The summed E-state index contributed by atoms with van der Waals surface area (Å²) in [5.41, 5.74) is 6.86. The van der Waals surface area contributed by atoms with E-state index >= 15 is 0 Å². The Hall–Kier alpha value is -1.62. The Bertz CT molecular complexity index is 483. The van der Waals surface area contributed by atoms with Crippen molar-refractivity contribution in [2.24, 2.45) is 11.7 Å². The van der Waals surface area contributed by atoms with Crippen LogP contribution in [0.3, 0.4) is 0 Å². The Balaban J connectivity index is 2.13. The maximum Gasteiger partial charge on any atom is 0.146 e. The van der Waals surface area contributed by atoms with Crippen molar-refractivity contribution in [1.82, 2.24) is 19.3 Å². The zero-order valence-corrected chi connectivity index (χ0v) is 11.1. The molecule has 0 atom stereocenters. The van der Waals surface area contributed by atoms with Crippen LogP contribution in [0.25, 0.3) is 0 Å². The molecule has 0 bridgehead atoms. The summed E-state index contributed by atoms with van der Waals surface area (Å²) in [7, 11) is 0. The third-order valence-electron chi connectivity index (χ3n) is 2.87. The van der Waals surface area contributed by atoms with Crippen molar-refractivity contribution in [2.45, 2.75) is 33.4 Å². The number of nitrogens with two attached hydrogens (primary N) is 1. The average molecular weight is 247 g/mol. The third-order valence-corrected chi connectivity index (χ3v) is 2.87. The van der Waals surface area contributed by atoms with Crippen molar-refractivity contribution < 1.29 is 0 Å². The van der Waals surface area contributed by atoms with Crippen LogP contribution in [-0.2, 0) is 19.5 Å². The zero-order chi connectivity index (χ0) is 13.0. The minimum atomic E-state index is 0.568. The molecule has 0 aromatic carbocycles. The summed E-state index contributed by atoms with van der Waals surface area (Å²) in [6.45, 7) is 6.70. The molecule has 2 N–H and O–H groups in total. The van der Waals surface area contributed by atoms with Crippen molar-refractivity contribution in [3.05, 3.63) is 36.2 Å². The minimum Gasteiger partial charge on any atom is -0.344 e. The lowest BCUT2D eigenvalue weighted by Gasteiger charge is -2.11. The van der Waals surface area contributed by atoms with E-state index < -0.39 is 0 Å². The highest BCUT2D eigenvalue weighted by Gasteiger charge is 2.08. The van der Waals surface area contributed by atoms with E-state index in [1.54, 1.807) is 6.33 Å². The van der Waals surface area contributed by atoms with E-state index in [1.807, 2.05) is 10.7 Å². The first kappa shape index (κ1) is 12.8. The molecule has 0 spiro atoms. The molecule has 0 aliphatic carbocycles. The predicted molar refractivity (Wildman–Crippen MR) is 71.2 cm³/mol. The van der Waals surface area contributed by atoms with Crippen LogP contribution >= 0.6 is 0 Å². The van der Waals surface area contributed by atoms with E-state index in [0.717, 1.165) is 25.3 Å². The van der Waals surface area contributed by atoms with E-state index in [0.29, 0.717) is 12.5 Å². The van der Waals surface area contributed by atoms with Gasteiger partial charge in [0.1, 0.15) is 12.2 Å². The molecule has 0 amide bonds. The first-order valence-electron chi connectivity index (χ1n) is 6.41. The van der Waals surface area contributed by atoms with Crippen LogP contribution in [0.5, 0.6) is 0 Å². The van der Waals surface area contributed by atoms with Gasteiger partial charge in [0.25, 0.3) is 0 Å². The minimum absolute atomic E-state index is 0.568. The van der Waals surface area contributed by atoms with Crippen LogP contribution in [-0.4, -0.2) is 25.9 Å². The molecule has 98 valence electrons. The summed E-state index contributed by atoms with van der Waals surface area (Å²) in [5.74, 6) is 1.57. The van der Waals surface area contributed by atoms with Gasteiger partial charge in [-0.25, -0.2) is 9.67 Å². The zero-order valence-electron chi connectivity index (χ0n) is 11.1. The lowest BCUT2D eigenvalue weighted by atomic mass is 10.2. The molecule has 0 unspecified atom stereocenters. The van der Waals surface area contributed by atoms with Gasteiger partial charge in [0, 0.05) is 18.4 Å². The van der Waals surface area contributed by atoms with Gasteiger partial charge >= 0.3 is 0 Å². The normalized spacial score (nSPS) is 11.3. The Labute approximate surface area is 108 Å². The monoisotopic (exact) mass is 247 g/mol. The van der Waals surface area contributed by atoms with Crippen LogP contribution in [0.2, 0.25) is 0 Å². The molecule has 5 heteroatoms. The summed E-state index contributed by atoms with van der Waals surface area (Å²) in [4.78, 5) is 4.35. The highest BCUT2D eigenvalue weighted by Crippen LogP contribution is 2.08. The van der Waals surface area contributed by atoms with Gasteiger partial charge in [-0.15, -0.1) is 0 Å². The van der Waals surface area contributed by atoms with Gasteiger partial charge in [0.2, 0.25) is 0 Å². The van der Waals surface area contributed by atoms with Crippen LogP contribution < -0.4 is 5.73 Å². The topological polar surface area (TPSA) is 61.7 Å². The van der Waals surface area contributed by atoms with Crippen LogP contribution in [0.15, 0.2) is 24.7 Å². The highest BCUT2D eigenvalue weighted by atomic mass is 15.3. The molecule has 2 rings (SSSR count). The lowest BCUT2D eigenvalue weighted by Crippen LogP contribution is -2.15. The number of nitrogens with zero attached hydrogens (tertiary/aromatic N) is 4. The molecule has 0 aliphatic rings. The van der Waals surface area contributed by atoms with Crippen molar-refractivity contribution in [3.8, 4) is 0 Å². The van der Waals surface area contributed by atoms with E-state index in [-0.39, 0.29) is 0 Å². The number of rotatable bonds is 6. The molecular formula is C13H21N5. The van der Waals surface area contributed by atoms with Crippen LogP contribution in [0.4, 0.5) is 0 Å². The Morgan fingerprint density at radius 1 is 1.39 bits per heavy atom. The molecule has 0 radical (unpaired) electrons. The number of aromatic nitrogens is 4. The Morgan fingerprint density at radius 2 is 2.22 bits per heavy atom. The molecular weight excluding hydrogens is 226 g/mol. The fourth-order valence-corrected chi connectivity index (χ4v) is 2.04. The van der Waals surface area contributed by atoms with Crippen LogP contribution in [0.1, 0.15) is 25.4 Å². The maximum absolute atomic E-state index is 5.61. The van der Waals surface area contributed by atoms with E-state index in [1.165, 1.54) is 5.69 Å². The summed E-state index contributed by atoms with van der Waals surface area (Å²) in [5, 5.41) is 4.28. The van der Waals surface area contributed by atoms with Gasteiger partial charge in [-0.1, -0.05) is 13.8 Å². The molecule has 0 fully saturated rings. The highest BCUT2D eigenvalue weighted by molar-refractivity contribution is 5.09. The van der Waals surface area contributed by atoms with Crippen molar-refractivity contribution in [2.75, 3.05) is 6.54 Å². The lowest BCUT2D eigenvalue weighted by molar-refractivity contribution is 0.460. The maximum atomic E-state index is 5.61. The van der Waals surface area contributed by atoms with Gasteiger partial charge < -0.3 is 10.3 Å². The SMILES string of the molecule is CC(C)Cn1ncnc1Cn1cccc1CCN. The van der Waals surface area contributed by atoms with E-state index in [9.17, 15) is 0 Å².